The molecule has 0 aromatic rings. The van der Waals surface area contributed by atoms with E-state index in [1.165, 1.54) is 0 Å². The molecule has 0 bridgehead atoms. The van der Waals surface area contributed by atoms with Gasteiger partial charge in [-0.2, -0.15) is 0 Å². The van der Waals surface area contributed by atoms with Crippen LogP contribution in [0.4, 0.5) is 0 Å². The van der Waals surface area contributed by atoms with Gasteiger partial charge < -0.3 is 9.84 Å². The number of nitrogens with zero attached hydrogens (tertiary/aromatic N) is 1. The van der Waals surface area contributed by atoms with Crippen LogP contribution < -0.4 is 0 Å². The molecule has 0 aromatic carbocycles. The van der Waals surface area contributed by atoms with Crippen molar-refractivity contribution in [2.45, 2.75) is 6.10 Å². The molecule has 1 heterocycles. The van der Waals surface area contributed by atoms with E-state index in [1.807, 2.05) is 6.26 Å². The minimum absolute atomic E-state index is 0.0289. The molecule has 1 saturated heterocycles. The van der Waals surface area contributed by atoms with E-state index in [9.17, 15) is 0 Å². The molecule has 1 aliphatic rings. The number of hydrogen-bond acceptors (Lipinski definition) is 4. The highest BCUT2D eigenvalue weighted by Gasteiger charge is 2.18. The molecule has 0 spiro atoms. The quantitative estimate of drug-likeness (QED) is 0.579. The molecule has 1 fully saturated rings. The monoisotopic (exact) mass is 163 g/mol. The molecule has 3 nitrogen and oxygen atoms in total. The van der Waals surface area contributed by atoms with Crippen molar-refractivity contribution in [2.24, 2.45) is 0 Å². The lowest BCUT2D eigenvalue weighted by Gasteiger charge is -2.29. The second-order valence-electron chi connectivity index (χ2n) is 2.25. The Kier molecular flexibility index (Phi) is 3.48. The maximum Gasteiger partial charge on any atom is 0.0942 e. The number of morpholine rings is 1. The van der Waals surface area contributed by atoms with E-state index in [0.717, 1.165) is 19.7 Å². The summed E-state index contributed by atoms with van der Waals surface area (Å²) < 4.78 is 7.45. The fraction of sp³-hybridized carbons (Fsp3) is 1.00. The molecule has 1 atom stereocenters. The minimum atomic E-state index is 0.0289. The van der Waals surface area contributed by atoms with Crippen molar-refractivity contribution in [1.29, 1.82) is 0 Å². The van der Waals surface area contributed by atoms with E-state index < -0.39 is 0 Å². The maximum absolute atomic E-state index is 8.74. The average Bonchev–Trinajstić information content (AvgIpc) is 2.05. The van der Waals surface area contributed by atoms with Crippen molar-refractivity contribution in [3.63, 3.8) is 0 Å². The predicted molar refractivity (Wildman–Crippen MR) is 41.9 cm³/mol. The van der Waals surface area contributed by atoms with Crippen LogP contribution in [-0.4, -0.2) is 48.1 Å². The standard InChI is InChI=1S/C6H13NO2S/c1-10-7-2-3-9-6(4-7)5-8/h6,8H,2-5H2,1H3/t6-/m0/s1. The summed E-state index contributed by atoms with van der Waals surface area (Å²) in [6, 6.07) is 0. The van der Waals surface area contributed by atoms with Gasteiger partial charge in [0.1, 0.15) is 0 Å². The largest absolute Gasteiger partial charge is 0.394 e. The zero-order valence-corrected chi connectivity index (χ0v) is 6.93. The van der Waals surface area contributed by atoms with Crippen LogP contribution >= 0.6 is 11.9 Å². The van der Waals surface area contributed by atoms with E-state index in [2.05, 4.69) is 4.31 Å². The van der Waals surface area contributed by atoms with Crippen LogP contribution in [0.5, 0.6) is 0 Å². The number of aliphatic hydroxyl groups is 1. The van der Waals surface area contributed by atoms with E-state index in [-0.39, 0.29) is 12.7 Å². The van der Waals surface area contributed by atoms with Gasteiger partial charge in [0.15, 0.2) is 0 Å². The van der Waals surface area contributed by atoms with Crippen LogP contribution in [-0.2, 0) is 4.74 Å². The smallest absolute Gasteiger partial charge is 0.0942 e. The lowest BCUT2D eigenvalue weighted by atomic mass is 10.3. The Balaban J connectivity index is 2.25. The summed E-state index contributed by atoms with van der Waals surface area (Å²) in [5, 5.41) is 8.74. The summed E-state index contributed by atoms with van der Waals surface area (Å²) in [5.41, 5.74) is 0. The van der Waals surface area contributed by atoms with Gasteiger partial charge in [-0.15, -0.1) is 0 Å². The van der Waals surface area contributed by atoms with Crippen LogP contribution in [0.25, 0.3) is 0 Å². The topological polar surface area (TPSA) is 32.7 Å². The average molecular weight is 163 g/mol. The molecule has 0 aliphatic carbocycles. The predicted octanol–water partition coefficient (Wildman–Crippen LogP) is -0.0425. The fourth-order valence-electron chi connectivity index (χ4n) is 0.969. The molecule has 1 N–H and O–H groups in total. The molecule has 1 rings (SSSR count). The van der Waals surface area contributed by atoms with Gasteiger partial charge in [-0.3, -0.25) is 0 Å². The fourth-order valence-corrected chi connectivity index (χ4v) is 1.54. The van der Waals surface area contributed by atoms with Gasteiger partial charge in [0.25, 0.3) is 0 Å². The third kappa shape index (κ3) is 2.12. The third-order valence-corrected chi connectivity index (χ3v) is 2.41. The van der Waals surface area contributed by atoms with Crippen LogP contribution in [0, 0.1) is 0 Å². The molecule has 0 amide bonds. The maximum atomic E-state index is 8.74. The molecule has 10 heavy (non-hydrogen) atoms. The number of ether oxygens (including phenoxy) is 1. The summed E-state index contributed by atoms with van der Waals surface area (Å²) in [5.74, 6) is 0. The molecule has 0 aromatic heterocycles. The van der Waals surface area contributed by atoms with Crippen LogP contribution in [0.1, 0.15) is 0 Å². The van der Waals surface area contributed by atoms with Gasteiger partial charge in [-0.05, 0) is 6.26 Å². The second-order valence-corrected chi connectivity index (χ2v) is 3.13. The molecule has 0 saturated carbocycles. The van der Waals surface area contributed by atoms with Crippen LogP contribution in [0.2, 0.25) is 0 Å². The third-order valence-electron chi connectivity index (χ3n) is 1.56. The zero-order valence-electron chi connectivity index (χ0n) is 6.12. The Labute approximate surface area is 65.5 Å². The van der Waals surface area contributed by atoms with Gasteiger partial charge in [0.2, 0.25) is 0 Å². The molecule has 60 valence electrons. The highest BCUT2D eigenvalue weighted by Crippen LogP contribution is 2.11. The van der Waals surface area contributed by atoms with Crippen LogP contribution in [0.3, 0.4) is 0 Å². The number of hydrogen-bond donors (Lipinski definition) is 1. The minimum Gasteiger partial charge on any atom is -0.394 e. The zero-order chi connectivity index (χ0) is 7.40. The normalized spacial score (nSPS) is 28.8. The highest BCUT2D eigenvalue weighted by atomic mass is 32.2. The van der Waals surface area contributed by atoms with Gasteiger partial charge in [0, 0.05) is 13.1 Å². The van der Waals surface area contributed by atoms with Crippen molar-refractivity contribution in [3.05, 3.63) is 0 Å². The van der Waals surface area contributed by atoms with E-state index in [4.69, 9.17) is 9.84 Å². The highest BCUT2D eigenvalue weighted by molar-refractivity contribution is 7.96. The Morgan fingerprint density at radius 1 is 1.80 bits per heavy atom. The van der Waals surface area contributed by atoms with Crippen molar-refractivity contribution in [1.82, 2.24) is 4.31 Å². The van der Waals surface area contributed by atoms with E-state index >= 15 is 0 Å². The second kappa shape index (κ2) is 4.18. The first kappa shape index (κ1) is 8.33. The van der Waals surface area contributed by atoms with Crippen molar-refractivity contribution >= 4 is 11.9 Å². The Morgan fingerprint density at radius 3 is 3.20 bits per heavy atom. The summed E-state index contributed by atoms with van der Waals surface area (Å²) in [4.78, 5) is 0. The van der Waals surface area contributed by atoms with Gasteiger partial charge in [0.05, 0.1) is 19.3 Å². The number of rotatable bonds is 2. The Hall–Kier alpha value is 0.230. The summed E-state index contributed by atoms with van der Waals surface area (Å²) in [6.07, 6.45) is 2.07. The Morgan fingerprint density at radius 2 is 2.60 bits per heavy atom. The summed E-state index contributed by atoms with van der Waals surface area (Å²) >= 11 is 1.71. The van der Waals surface area contributed by atoms with Crippen LogP contribution in [0.15, 0.2) is 0 Å². The first-order chi connectivity index (χ1) is 4.86. The molecular formula is C6H13NO2S. The molecular weight excluding hydrogens is 150 g/mol. The van der Waals surface area contributed by atoms with Gasteiger partial charge in [-0.1, -0.05) is 11.9 Å². The van der Waals surface area contributed by atoms with Crippen molar-refractivity contribution in [3.8, 4) is 0 Å². The molecule has 4 heteroatoms. The van der Waals surface area contributed by atoms with E-state index in [0.29, 0.717) is 0 Å². The number of aliphatic hydroxyl groups excluding tert-OH is 1. The van der Waals surface area contributed by atoms with Crippen molar-refractivity contribution in [2.75, 3.05) is 32.6 Å². The van der Waals surface area contributed by atoms with Gasteiger partial charge in [-0.25, -0.2) is 4.31 Å². The lowest BCUT2D eigenvalue weighted by Crippen LogP contribution is -2.40. The van der Waals surface area contributed by atoms with Crippen molar-refractivity contribution < 1.29 is 9.84 Å². The van der Waals surface area contributed by atoms with Gasteiger partial charge >= 0.3 is 0 Å². The first-order valence-electron chi connectivity index (χ1n) is 3.38. The Bertz CT molecular complexity index is 91.7. The SMILES string of the molecule is CSN1CCO[C@H](CO)C1. The molecule has 0 radical (unpaired) electrons. The lowest BCUT2D eigenvalue weighted by molar-refractivity contribution is -0.0279. The first-order valence-corrected chi connectivity index (χ1v) is 4.56. The molecule has 0 unspecified atom stereocenters. The molecule has 1 aliphatic heterocycles. The summed E-state index contributed by atoms with van der Waals surface area (Å²) in [7, 11) is 0. The van der Waals surface area contributed by atoms with E-state index in [1.54, 1.807) is 11.9 Å². The summed E-state index contributed by atoms with van der Waals surface area (Å²) in [6.45, 7) is 2.69.